The van der Waals surface area contributed by atoms with Gasteiger partial charge in [0.2, 0.25) is 0 Å². The van der Waals surface area contributed by atoms with Gasteiger partial charge < -0.3 is 9.64 Å². The topological polar surface area (TPSA) is 32.8 Å². The van der Waals surface area contributed by atoms with Gasteiger partial charge in [-0.3, -0.25) is 9.69 Å². The summed E-state index contributed by atoms with van der Waals surface area (Å²) in [7, 11) is 0. The van der Waals surface area contributed by atoms with E-state index in [1.807, 2.05) is 59.5 Å². The van der Waals surface area contributed by atoms with Gasteiger partial charge in [-0.05, 0) is 49.1 Å². The lowest BCUT2D eigenvalue weighted by Gasteiger charge is -2.36. The van der Waals surface area contributed by atoms with E-state index in [4.69, 9.17) is 4.74 Å². The quantitative estimate of drug-likeness (QED) is 0.805. The summed E-state index contributed by atoms with van der Waals surface area (Å²) in [6.07, 6.45) is 5.11. The minimum Gasteiger partial charge on any atom is -0.489 e. The lowest BCUT2D eigenvalue weighted by Crippen LogP contribution is -2.42. The molecule has 0 radical (unpaired) electrons. The van der Waals surface area contributed by atoms with Crippen LogP contribution in [0.25, 0.3) is 0 Å². The van der Waals surface area contributed by atoms with E-state index in [2.05, 4.69) is 4.90 Å². The van der Waals surface area contributed by atoms with Gasteiger partial charge in [0.1, 0.15) is 12.4 Å². The second-order valence-electron chi connectivity index (χ2n) is 7.57. The Morgan fingerprint density at radius 2 is 1.67 bits per heavy atom. The Bertz CT molecular complexity index is 741. The molecule has 0 aromatic heterocycles. The number of para-hydroxylation sites is 1. The van der Waals surface area contributed by atoms with Crippen LogP contribution in [0.5, 0.6) is 5.75 Å². The van der Waals surface area contributed by atoms with Crippen molar-refractivity contribution in [2.45, 2.75) is 38.3 Å². The Kier molecular flexibility index (Phi) is 5.73. The smallest absolute Gasteiger partial charge is 0.253 e. The molecule has 0 bridgehead atoms. The van der Waals surface area contributed by atoms with Crippen molar-refractivity contribution < 1.29 is 9.53 Å². The Balaban J connectivity index is 1.32. The zero-order valence-electron chi connectivity index (χ0n) is 15.8. The van der Waals surface area contributed by atoms with Gasteiger partial charge in [-0.2, -0.15) is 0 Å². The van der Waals surface area contributed by atoms with Crippen LogP contribution in [0, 0.1) is 0 Å². The van der Waals surface area contributed by atoms with E-state index in [0.717, 1.165) is 55.5 Å². The molecule has 27 heavy (non-hydrogen) atoms. The minimum atomic E-state index is 0.154. The van der Waals surface area contributed by atoms with Crippen molar-refractivity contribution >= 4 is 5.91 Å². The van der Waals surface area contributed by atoms with Crippen molar-refractivity contribution in [3.05, 3.63) is 65.7 Å². The summed E-state index contributed by atoms with van der Waals surface area (Å²) in [5, 5.41) is 0. The van der Waals surface area contributed by atoms with Crippen molar-refractivity contribution in [1.82, 2.24) is 9.80 Å². The summed E-state index contributed by atoms with van der Waals surface area (Å²) in [6, 6.07) is 18.4. The van der Waals surface area contributed by atoms with Crippen molar-refractivity contribution in [2.24, 2.45) is 0 Å². The van der Waals surface area contributed by atoms with Crippen LogP contribution >= 0.6 is 0 Å². The van der Waals surface area contributed by atoms with E-state index >= 15 is 0 Å². The average molecular weight is 364 g/mol. The third kappa shape index (κ3) is 4.51. The SMILES string of the molecule is O=C(c1ccc(COc2ccccc2)cc1)N1CCCN(C2CCC2)CC1. The first-order chi connectivity index (χ1) is 13.3. The van der Waals surface area contributed by atoms with Gasteiger partial charge >= 0.3 is 0 Å². The van der Waals surface area contributed by atoms with E-state index in [9.17, 15) is 4.79 Å². The number of benzene rings is 2. The van der Waals surface area contributed by atoms with Crippen LogP contribution in [0.2, 0.25) is 0 Å². The number of carbonyl (C=O) groups is 1. The van der Waals surface area contributed by atoms with Crippen molar-refractivity contribution in [3.63, 3.8) is 0 Å². The largest absolute Gasteiger partial charge is 0.489 e. The fourth-order valence-corrected chi connectivity index (χ4v) is 3.87. The van der Waals surface area contributed by atoms with Crippen LogP contribution in [-0.2, 0) is 6.61 Å². The molecule has 0 N–H and O–H groups in total. The van der Waals surface area contributed by atoms with E-state index in [0.29, 0.717) is 6.61 Å². The molecule has 2 aliphatic rings. The highest BCUT2D eigenvalue weighted by atomic mass is 16.5. The highest BCUT2D eigenvalue weighted by Crippen LogP contribution is 2.25. The van der Waals surface area contributed by atoms with Crippen molar-refractivity contribution in [1.29, 1.82) is 0 Å². The fourth-order valence-electron chi connectivity index (χ4n) is 3.87. The van der Waals surface area contributed by atoms with Crippen LogP contribution < -0.4 is 4.74 Å². The van der Waals surface area contributed by atoms with Gasteiger partial charge in [-0.1, -0.05) is 36.8 Å². The van der Waals surface area contributed by atoms with Crippen LogP contribution in [-0.4, -0.2) is 47.9 Å². The van der Waals surface area contributed by atoms with Gasteiger partial charge in [-0.15, -0.1) is 0 Å². The van der Waals surface area contributed by atoms with E-state index < -0.39 is 0 Å². The van der Waals surface area contributed by atoms with Gasteiger partial charge in [0, 0.05) is 37.8 Å². The third-order valence-electron chi connectivity index (χ3n) is 5.76. The van der Waals surface area contributed by atoms with Gasteiger partial charge in [0.05, 0.1) is 0 Å². The molecule has 1 heterocycles. The molecular weight excluding hydrogens is 336 g/mol. The number of rotatable bonds is 5. The summed E-state index contributed by atoms with van der Waals surface area (Å²) < 4.78 is 5.77. The van der Waals surface area contributed by atoms with E-state index in [-0.39, 0.29) is 5.91 Å². The van der Waals surface area contributed by atoms with Crippen LogP contribution in [0.1, 0.15) is 41.6 Å². The molecule has 1 amide bonds. The molecule has 142 valence electrons. The highest BCUT2D eigenvalue weighted by Gasteiger charge is 2.27. The predicted molar refractivity (Wildman–Crippen MR) is 107 cm³/mol. The summed E-state index contributed by atoms with van der Waals surface area (Å²) in [4.78, 5) is 17.5. The summed E-state index contributed by atoms with van der Waals surface area (Å²) in [5.41, 5.74) is 1.85. The predicted octanol–water partition coefficient (Wildman–Crippen LogP) is 3.97. The Hall–Kier alpha value is -2.33. The lowest BCUT2D eigenvalue weighted by atomic mass is 9.91. The second kappa shape index (κ2) is 8.57. The summed E-state index contributed by atoms with van der Waals surface area (Å²) in [5.74, 6) is 1.01. The van der Waals surface area contributed by atoms with Crippen molar-refractivity contribution in [2.75, 3.05) is 26.2 Å². The third-order valence-corrected chi connectivity index (χ3v) is 5.76. The molecule has 2 fully saturated rings. The molecular formula is C23H28N2O2. The van der Waals surface area contributed by atoms with Crippen LogP contribution in [0.3, 0.4) is 0 Å². The number of carbonyl (C=O) groups excluding carboxylic acids is 1. The van der Waals surface area contributed by atoms with Gasteiger partial charge in [0.15, 0.2) is 0 Å². The summed E-state index contributed by atoms with van der Waals surface area (Å²) >= 11 is 0. The molecule has 1 aliphatic heterocycles. The van der Waals surface area contributed by atoms with Crippen molar-refractivity contribution in [3.8, 4) is 5.75 Å². The minimum absolute atomic E-state index is 0.154. The number of nitrogens with zero attached hydrogens (tertiary/aromatic N) is 2. The molecule has 1 saturated heterocycles. The number of ether oxygens (including phenoxy) is 1. The zero-order valence-corrected chi connectivity index (χ0v) is 15.8. The maximum Gasteiger partial charge on any atom is 0.253 e. The molecule has 0 unspecified atom stereocenters. The number of hydrogen-bond donors (Lipinski definition) is 0. The monoisotopic (exact) mass is 364 g/mol. The maximum absolute atomic E-state index is 12.9. The standard InChI is InChI=1S/C23H28N2O2/c26-23(25-15-5-14-24(16-17-25)21-6-4-7-21)20-12-10-19(11-13-20)18-27-22-8-2-1-3-9-22/h1-3,8-13,21H,4-7,14-18H2. The molecule has 0 spiro atoms. The van der Waals surface area contributed by atoms with Crippen LogP contribution in [0.15, 0.2) is 54.6 Å². The molecule has 4 nitrogen and oxygen atoms in total. The number of hydrogen-bond acceptors (Lipinski definition) is 3. The first-order valence-corrected chi connectivity index (χ1v) is 10.1. The first kappa shape index (κ1) is 18.1. The maximum atomic E-state index is 12.9. The number of amides is 1. The van der Waals surface area contributed by atoms with Gasteiger partial charge in [0.25, 0.3) is 5.91 Å². The molecule has 4 heteroatoms. The fraction of sp³-hybridized carbons (Fsp3) is 0.435. The molecule has 4 rings (SSSR count). The summed E-state index contributed by atoms with van der Waals surface area (Å²) in [6.45, 7) is 4.36. The average Bonchev–Trinajstić information content (AvgIpc) is 2.92. The molecule has 1 saturated carbocycles. The van der Waals surface area contributed by atoms with E-state index in [1.165, 1.54) is 19.3 Å². The molecule has 2 aromatic rings. The van der Waals surface area contributed by atoms with E-state index in [1.54, 1.807) is 0 Å². The van der Waals surface area contributed by atoms with Gasteiger partial charge in [-0.25, -0.2) is 0 Å². The Morgan fingerprint density at radius 1 is 0.889 bits per heavy atom. The highest BCUT2D eigenvalue weighted by molar-refractivity contribution is 5.94. The molecule has 1 aliphatic carbocycles. The molecule has 0 atom stereocenters. The normalized spacial score (nSPS) is 18.6. The molecule has 2 aromatic carbocycles. The Morgan fingerprint density at radius 3 is 2.37 bits per heavy atom. The second-order valence-corrected chi connectivity index (χ2v) is 7.57. The Labute approximate surface area is 161 Å². The van der Waals surface area contributed by atoms with Crippen LogP contribution in [0.4, 0.5) is 0 Å². The first-order valence-electron chi connectivity index (χ1n) is 10.1. The zero-order chi connectivity index (χ0) is 18.5. The lowest BCUT2D eigenvalue weighted by molar-refractivity contribution is 0.0749.